The van der Waals surface area contributed by atoms with Crippen molar-refractivity contribution < 1.29 is 4.65 Å². The highest BCUT2D eigenvalue weighted by Crippen LogP contribution is 2.26. The van der Waals surface area contributed by atoms with Gasteiger partial charge in [0.1, 0.15) is 0 Å². The summed E-state index contributed by atoms with van der Waals surface area (Å²) in [4.78, 5) is 0. The molecule has 1 nitrogen and oxygen atoms in total. The third-order valence-corrected chi connectivity index (χ3v) is 1.57. The van der Waals surface area contributed by atoms with Gasteiger partial charge in [-0.1, -0.05) is 27.6 Å². The van der Waals surface area contributed by atoms with Crippen LogP contribution in [0.5, 0.6) is 0 Å². The minimum atomic E-state index is 0.286. The Labute approximate surface area is 52.5 Å². The van der Waals surface area contributed by atoms with E-state index in [1.807, 2.05) is 0 Å². The molecule has 8 heavy (non-hydrogen) atoms. The second-order valence-electron chi connectivity index (χ2n) is 3.24. The van der Waals surface area contributed by atoms with Gasteiger partial charge in [0.2, 0.25) is 0 Å². The number of rotatable bonds is 1. The highest BCUT2D eigenvalue weighted by molar-refractivity contribution is 6.53. The fraction of sp³-hybridized carbons (Fsp3) is 1.00. The molecular formula is C6H15BO. The second kappa shape index (κ2) is 2.54. The van der Waals surface area contributed by atoms with Crippen LogP contribution in [0.25, 0.3) is 0 Å². The zero-order valence-electron chi connectivity index (χ0n) is 6.49. The van der Waals surface area contributed by atoms with E-state index in [4.69, 9.17) is 4.65 Å². The molecule has 0 aliphatic carbocycles. The van der Waals surface area contributed by atoms with Crippen molar-refractivity contribution in [1.82, 2.24) is 0 Å². The fourth-order valence-corrected chi connectivity index (χ4v) is 0.354. The first kappa shape index (κ1) is 8.02. The Morgan fingerprint density at radius 3 is 1.62 bits per heavy atom. The van der Waals surface area contributed by atoms with Gasteiger partial charge in [0.15, 0.2) is 0 Å². The molecule has 2 heteroatoms. The molecule has 0 radical (unpaired) electrons. The van der Waals surface area contributed by atoms with Crippen LogP contribution < -0.4 is 0 Å². The van der Waals surface area contributed by atoms with E-state index in [1.54, 1.807) is 7.11 Å². The molecule has 48 valence electrons. The molecule has 0 rings (SSSR count). The summed E-state index contributed by atoms with van der Waals surface area (Å²) < 4.78 is 5.11. The molecule has 0 saturated heterocycles. The lowest BCUT2D eigenvalue weighted by Gasteiger charge is -2.21. The van der Waals surface area contributed by atoms with Crippen molar-refractivity contribution in [2.45, 2.75) is 32.9 Å². The summed E-state index contributed by atoms with van der Waals surface area (Å²) in [6.07, 6.45) is 0. The fourth-order valence-electron chi connectivity index (χ4n) is 0.354. The standard InChI is InChI=1S/C6H15BO/c1-6(2,3)7(4)8-5/h1-5H3. The number of hydrogen-bond donors (Lipinski definition) is 0. The van der Waals surface area contributed by atoms with Crippen LogP contribution >= 0.6 is 0 Å². The summed E-state index contributed by atoms with van der Waals surface area (Å²) in [6.45, 7) is 8.94. The van der Waals surface area contributed by atoms with Gasteiger partial charge in [0.25, 0.3) is 6.92 Å². The first-order chi connectivity index (χ1) is 3.48. The molecule has 0 aliphatic rings. The summed E-state index contributed by atoms with van der Waals surface area (Å²) in [7, 11) is 1.75. The molecular weight excluding hydrogens is 98.9 g/mol. The van der Waals surface area contributed by atoms with E-state index in [0.29, 0.717) is 6.92 Å². The molecule has 0 spiro atoms. The van der Waals surface area contributed by atoms with Gasteiger partial charge in [-0.15, -0.1) is 0 Å². The highest BCUT2D eigenvalue weighted by Gasteiger charge is 2.23. The zero-order valence-corrected chi connectivity index (χ0v) is 6.49. The Hall–Kier alpha value is 0.0249. The van der Waals surface area contributed by atoms with Gasteiger partial charge < -0.3 is 4.65 Å². The molecule has 0 atom stereocenters. The first-order valence-electron chi connectivity index (χ1n) is 3.01. The maximum atomic E-state index is 5.11. The van der Waals surface area contributed by atoms with Crippen molar-refractivity contribution >= 4 is 6.92 Å². The van der Waals surface area contributed by atoms with Gasteiger partial charge in [-0.05, 0) is 5.31 Å². The molecule has 0 amide bonds. The summed E-state index contributed by atoms with van der Waals surface area (Å²) in [6, 6.07) is 0. The molecule has 0 unspecified atom stereocenters. The molecule has 0 aliphatic heterocycles. The SMILES string of the molecule is COB(C)C(C)(C)C. The second-order valence-corrected chi connectivity index (χ2v) is 3.24. The molecule has 0 fully saturated rings. The molecule has 0 aromatic heterocycles. The van der Waals surface area contributed by atoms with Gasteiger partial charge in [-0.3, -0.25) is 0 Å². The lowest BCUT2D eigenvalue weighted by atomic mass is 9.50. The molecule has 0 aromatic rings. The molecule has 0 aromatic carbocycles. The summed E-state index contributed by atoms with van der Waals surface area (Å²) in [5.74, 6) is 0. The van der Waals surface area contributed by atoms with Crippen molar-refractivity contribution in [2.75, 3.05) is 7.11 Å². The van der Waals surface area contributed by atoms with Crippen molar-refractivity contribution in [3.63, 3.8) is 0 Å². The van der Waals surface area contributed by atoms with Crippen molar-refractivity contribution in [3.05, 3.63) is 0 Å². The average Bonchev–Trinajstić information content (AvgIpc) is 1.62. The van der Waals surface area contributed by atoms with Gasteiger partial charge in [-0.25, -0.2) is 0 Å². The Kier molecular flexibility index (Phi) is 2.55. The van der Waals surface area contributed by atoms with E-state index in [0.717, 1.165) is 0 Å². The average molecular weight is 114 g/mol. The third kappa shape index (κ3) is 2.36. The molecule has 0 heterocycles. The van der Waals surface area contributed by atoms with Gasteiger partial charge in [-0.2, -0.15) is 0 Å². The topological polar surface area (TPSA) is 9.23 Å². The van der Waals surface area contributed by atoms with Crippen LogP contribution in [0.4, 0.5) is 0 Å². The normalized spacial score (nSPS) is 11.6. The van der Waals surface area contributed by atoms with E-state index in [-0.39, 0.29) is 5.31 Å². The quantitative estimate of drug-likeness (QED) is 0.474. The number of hydrogen-bond acceptors (Lipinski definition) is 1. The van der Waals surface area contributed by atoms with Crippen molar-refractivity contribution in [2.24, 2.45) is 0 Å². The zero-order chi connectivity index (χ0) is 6.78. The minimum absolute atomic E-state index is 0.286. The maximum Gasteiger partial charge on any atom is 0.295 e. The minimum Gasteiger partial charge on any atom is -0.438 e. The van der Waals surface area contributed by atoms with Crippen LogP contribution in [-0.4, -0.2) is 14.0 Å². The van der Waals surface area contributed by atoms with Gasteiger partial charge >= 0.3 is 0 Å². The van der Waals surface area contributed by atoms with Gasteiger partial charge in [0.05, 0.1) is 0 Å². The Bertz CT molecular complexity index is 65.4. The van der Waals surface area contributed by atoms with Crippen LogP contribution in [0.3, 0.4) is 0 Å². The monoisotopic (exact) mass is 114 g/mol. The van der Waals surface area contributed by atoms with Crippen LogP contribution in [0.15, 0.2) is 0 Å². The van der Waals surface area contributed by atoms with Crippen molar-refractivity contribution in [3.8, 4) is 0 Å². The van der Waals surface area contributed by atoms with E-state index >= 15 is 0 Å². The van der Waals surface area contributed by atoms with Crippen LogP contribution in [0.2, 0.25) is 12.1 Å². The smallest absolute Gasteiger partial charge is 0.295 e. The van der Waals surface area contributed by atoms with Crippen molar-refractivity contribution in [1.29, 1.82) is 0 Å². The summed E-state index contributed by atoms with van der Waals surface area (Å²) in [5.41, 5.74) is 0. The van der Waals surface area contributed by atoms with E-state index < -0.39 is 0 Å². The third-order valence-electron chi connectivity index (χ3n) is 1.57. The summed E-state index contributed by atoms with van der Waals surface area (Å²) >= 11 is 0. The molecule has 0 saturated carbocycles. The van der Waals surface area contributed by atoms with E-state index in [2.05, 4.69) is 27.6 Å². The Morgan fingerprint density at radius 2 is 1.62 bits per heavy atom. The Balaban J connectivity index is 3.62. The Morgan fingerprint density at radius 1 is 1.25 bits per heavy atom. The van der Waals surface area contributed by atoms with Crippen LogP contribution in [-0.2, 0) is 4.65 Å². The van der Waals surface area contributed by atoms with Gasteiger partial charge in [0, 0.05) is 7.11 Å². The lowest BCUT2D eigenvalue weighted by Crippen LogP contribution is -2.23. The van der Waals surface area contributed by atoms with E-state index in [9.17, 15) is 0 Å². The molecule has 0 bridgehead atoms. The maximum absolute atomic E-state index is 5.11. The summed E-state index contributed by atoms with van der Waals surface area (Å²) in [5, 5.41) is 0.286. The molecule has 0 N–H and O–H groups in total. The first-order valence-corrected chi connectivity index (χ1v) is 3.01. The van der Waals surface area contributed by atoms with Crippen LogP contribution in [0.1, 0.15) is 20.8 Å². The highest BCUT2D eigenvalue weighted by atomic mass is 16.4. The lowest BCUT2D eigenvalue weighted by molar-refractivity contribution is 0.396. The van der Waals surface area contributed by atoms with E-state index in [1.165, 1.54) is 0 Å². The van der Waals surface area contributed by atoms with Crippen LogP contribution in [0, 0.1) is 0 Å². The largest absolute Gasteiger partial charge is 0.438 e. The predicted molar refractivity (Wildman–Crippen MR) is 38.3 cm³/mol. The predicted octanol–water partition coefficient (Wildman–Crippen LogP) is 2.05.